The van der Waals surface area contributed by atoms with Crippen molar-refractivity contribution in [1.82, 2.24) is 10.3 Å². The lowest BCUT2D eigenvalue weighted by molar-refractivity contribution is 0.353. The maximum Gasteiger partial charge on any atom is 0.253 e. The Labute approximate surface area is 152 Å². The summed E-state index contributed by atoms with van der Waals surface area (Å²) in [6, 6.07) is 11.9. The third kappa shape index (κ3) is 2.74. The van der Waals surface area contributed by atoms with Crippen molar-refractivity contribution in [3.63, 3.8) is 0 Å². The van der Waals surface area contributed by atoms with E-state index in [9.17, 15) is 4.79 Å². The van der Waals surface area contributed by atoms with Gasteiger partial charge in [0.15, 0.2) is 11.5 Å². The van der Waals surface area contributed by atoms with Crippen molar-refractivity contribution in [2.75, 3.05) is 20.8 Å². The molecule has 2 N–H and O–H groups in total. The normalized spacial score (nSPS) is 16.3. The third-order valence-corrected chi connectivity index (χ3v) is 5.04. The fourth-order valence-electron chi connectivity index (χ4n) is 3.72. The van der Waals surface area contributed by atoms with E-state index in [1.54, 1.807) is 14.2 Å². The fourth-order valence-corrected chi connectivity index (χ4v) is 3.72. The summed E-state index contributed by atoms with van der Waals surface area (Å²) >= 11 is 0. The van der Waals surface area contributed by atoms with Gasteiger partial charge in [-0.3, -0.25) is 4.79 Å². The zero-order valence-electron chi connectivity index (χ0n) is 15.2. The zero-order chi connectivity index (χ0) is 18.3. The highest BCUT2D eigenvalue weighted by Crippen LogP contribution is 2.37. The Kier molecular flexibility index (Phi) is 4.17. The van der Waals surface area contributed by atoms with Crippen molar-refractivity contribution < 1.29 is 9.47 Å². The van der Waals surface area contributed by atoms with Gasteiger partial charge in [0.25, 0.3) is 5.56 Å². The number of fused-ring (bicyclic) bond motifs is 2. The smallest absolute Gasteiger partial charge is 0.253 e. The van der Waals surface area contributed by atoms with Crippen LogP contribution in [0.2, 0.25) is 0 Å². The van der Waals surface area contributed by atoms with E-state index >= 15 is 0 Å². The van der Waals surface area contributed by atoms with Crippen molar-refractivity contribution >= 4 is 10.9 Å². The second-order valence-electron chi connectivity index (χ2n) is 6.69. The number of methoxy groups -OCH3 is 2. The van der Waals surface area contributed by atoms with Crippen LogP contribution in [0.1, 0.15) is 28.3 Å². The molecule has 2 aromatic carbocycles. The molecule has 26 heavy (non-hydrogen) atoms. The maximum absolute atomic E-state index is 12.8. The Balaban J connectivity index is 1.89. The van der Waals surface area contributed by atoms with E-state index < -0.39 is 0 Å². The molecule has 3 aromatic rings. The molecule has 2 heterocycles. The summed E-state index contributed by atoms with van der Waals surface area (Å²) in [7, 11) is 3.26. The van der Waals surface area contributed by atoms with Crippen LogP contribution in [0.3, 0.4) is 0 Å². The molecule has 0 unspecified atom stereocenters. The van der Waals surface area contributed by atoms with E-state index in [0.717, 1.165) is 40.7 Å². The maximum atomic E-state index is 12.8. The van der Waals surface area contributed by atoms with E-state index in [0.29, 0.717) is 5.75 Å². The van der Waals surface area contributed by atoms with Crippen LogP contribution in [-0.4, -0.2) is 25.7 Å². The van der Waals surface area contributed by atoms with E-state index in [1.165, 1.54) is 11.1 Å². The van der Waals surface area contributed by atoms with E-state index in [1.807, 2.05) is 30.3 Å². The van der Waals surface area contributed by atoms with Gasteiger partial charge in [-0.25, -0.2) is 0 Å². The zero-order valence-corrected chi connectivity index (χ0v) is 15.2. The second kappa shape index (κ2) is 6.50. The summed E-state index contributed by atoms with van der Waals surface area (Å²) in [5, 5.41) is 4.52. The predicted octanol–water partition coefficient (Wildman–Crippen LogP) is 3.09. The van der Waals surface area contributed by atoms with Crippen molar-refractivity contribution in [1.29, 1.82) is 0 Å². The lowest BCUT2D eigenvalue weighted by Gasteiger charge is -2.28. The number of hydrogen-bond donors (Lipinski definition) is 2. The van der Waals surface area contributed by atoms with Gasteiger partial charge in [-0.15, -0.1) is 0 Å². The van der Waals surface area contributed by atoms with Gasteiger partial charge in [-0.05, 0) is 60.2 Å². The molecule has 0 bridgehead atoms. The largest absolute Gasteiger partial charge is 0.493 e. The molecule has 0 radical (unpaired) electrons. The Hall–Kier alpha value is -2.79. The molecule has 1 aliphatic rings. The number of rotatable bonds is 3. The van der Waals surface area contributed by atoms with Crippen LogP contribution < -0.4 is 20.3 Å². The molecule has 0 saturated carbocycles. The van der Waals surface area contributed by atoms with Gasteiger partial charge in [0.05, 0.1) is 20.3 Å². The molecule has 1 aromatic heterocycles. The van der Waals surface area contributed by atoms with Crippen LogP contribution in [0, 0.1) is 6.92 Å². The SMILES string of the molecule is COc1cc2c(cc1OC)[C@@H](c1cc3cc(C)ccc3[nH]c1=O)NCC2. The van der Waals surface area contributed by atoms with Gasteiger partial charge in [0.2, 0.25) is 0 Å². The van der Waals surface area contributed by atoms with Crippen molar-refractivity contribution in [3.8, 4) is 11.5 Å². The number of aryl methyl sites for hydroxylation is 1. The van der Waals surface area contributed by atoms with E-state index in [-0.39, 0.29) is 11.6 Å². The molecule has 1 atom stereocenters. The van der Waals surface area contributed by atoms with Gasteiger partial charge in [0, 0.05) is 17.6 Å². The molecule has 0 aliphatic carbocycles. The van der Waals surface area contributed by atoms with Gasteiger partial charge in [-0.2, -0.15) is 0 Å². The monoisotopic (exact) mass is 350 g/mol. The topological polar surface area (TPSA) is 63.4 Å². The van der Waals surface area contributed by atoms with E-state index in [2.05, 4.69) is 23.3 Å². The lowest BCUT2D eigenvalue weighted by Crippen LogP contribution is -2.34. The fraction of sp³-hybridized carbons (Fsp3) is 0.286. The highest BCUT2D eigenvalue weighted by molar-refractivity contribution is 5.80. The molecule has 5 nitrogen and oxygen atoms in total. The van der Waals surface area contributed by atoms with Crippen molar-refractivity contribution in [3.05, 3.63) is 69.0 Å². The quantitative estimate of drug-likeness (QED) is 0.762. The average Bonchev–Trinajstić information content (AvgIpc) is 2.66. The number of aromatic nitrogens is 1. The van der Waals surface area contributed by atoms with Crippen LogP contribution in [0.4, 0.5) is 0 Å². The second-order valence-corrected chi connectivity index (χ2v) is 6.69. The highest BCUT2D eigenvalue weighted by Gasteiger charge is 2.26. The first-order chi connectivity index (χ1) is 12.6. The predicted molar refractivity (Wildman–Crippen MR) is 102 cm³/mol. The Bertz CT molecular complexity index is 1040. The average molecular weight is 350 g/mol. The minimum absolute atomic E-state index is 0.0681. The summed E-state index contributed by atoms with van der Waals surface area (Å²) < 4.78 is 10.9. The van der Waals surface area contributed by atoms with Crippen LogP contribution in [0.15, 0.2) is 41.2 Å². The standard InChI is InChI=1S/C21H22N2O3/c1-12-4-5-17-14(8-12)9-16(21(24)23-17)20-15-11-19(26-3)18(25-2)10-13(15)6-7-22-20/h4-5,8-11,20,22H,6-7H2,1-3H3,(H,23,24)/t20-/m0/s1. The summed E-state index contributed by atoms with van der Waals surface area (Å²) in [6.45, 7) is 2.86. The molecule has 4 rings (SSSR count). The molecule has 134 valence electrons. The molecule has 0 fully saturated rings. The molecular formula is C21H22N2O3. The van der Waals surface area contributed by atoms with Crippen LogP contribution in [0.5, 0.6) is 11.5 Å². The van der Waals surface area contributed by atoms with Crippen LogP contribution in [-0.2, 0) is 6.42 Å². The summed E-state index contributed by atoms with van der Waals surface area (Å²) in [5.41, 5.74) is 4.91. The van der Waals surface area contributed by atoms with Gasteiger partial charge in [0.1, 0.15) is 0 Å². The third-order valence-electron chi connectivity index (χ3n) is 5.04. The minimum Gasteiger partial charge on any atom is -0.493 e. The first-order valence-electron chi connectivity index (χ1n) is 8.72. The number of aromatic amines is 1. The lowest BCUT2D eigenvalue weighted by atomic mass is 9.89. The summed E-state index contributed by atoms with van der Waals surface area (Å²) in [5.74, 6) is 1.39. The first-order valence-corrected chi connectivity index (χ1v) is 8.72. The minimum atomic E-state index is -0.174. The summed E-state index contributed by atoms with van der Waals surface area (Å²) in [4.78, 5) is 15.8. The van der Waals surface area contributed by atoms with Crippen molar-refractivity contribution in [2.24, 2.45) is 0 Å². The first kappa shape index (κ1) is 16.7. The molecule has 0 spiro atoms. The number of ether oxygens (including phenoxy) is 2. The Morgan fingerprint density at radius 3 is 2.54 bits per heavy atom. The van der Waals surface area contributed by atoms with Crippen LogP contribution >= 0.6 is 0 Å². The van der Waals surface area contributed by atoms with Crippen LogP contribution in [0.25, 0.3) is 10.9 Å². The Morgan fingerprint density at radius 1 is 1.00 bits per heavy atom. The summed E-state index contributed by atoms with van der Waals surface area (Å²) in [6.07, 6.45) is 0.886. The van der Waals surface area contributed by atoms with Gasteiger partial charge < -0.3 is 19.8 Å². The molecule has 1 aliphatic heterocycles. The molecule has 0 amide bonds. The highest BCUT2D eigenvalue weighted by atomic mass is 16.5. The number of benzene rings is 2. The number of hydrogen-bond acceptors (Lipinski definition) is 4. The van der Waals surface area contributed by atoms with Crippen molar-refractivity contribution in [2.45, 2.75) is 19.4 Å². The van der Waals surface area contributed by atoms with Gasteiger partial charge in [-0.1, -0.05) is 11.6 Å². The number of nitrogens with one attached hydrogen (secondary N) is 2. The Morgan fingerprint density at radius 2 is 1.77 bits per heavy atom. The number of pyridine rings is 1. The number of H-pyrrole nitrogens is 1. The van der Waals surface area contributed by atoms with Gasteiger partial charge >= 0.3 is 0 Å². The molecule has 5 heteroatoms. The molecule has 0 saturated heterocycles. The molecular weight excluding hydrogens is 328 g/mol. The van der Waals surface area contributed by atoms with E-state index in [4.69, 9.17) is 9.47 Å².